The van der Waals surface area contributed by atoms with Crippen LogP contribution in [0.2, 0.25) is 0 Å². The molecule has 1 saturated heterocycles. The molecule has 0 spiro atoms. The predicted molar refractivity (Wildman–Crippen MR) is 86.0 cm³/mol. The molecule has 0 atom stereocenters. The smallest absolute Gasteiger partial charge is 0.232 e. The number of fused-ring (bicyclic) bond motifs is 1. The van der Waals surface area contributed by atoms with Gasteiger partial charge in [0.25, 0.3) is 0 Å². The summed E-state index contributed by atoms with van der Waals surface area (Å²) in [5, 5.41) is 8.57. The number of nitrogens with zero attached hydrogens (tertiary/aromatic N) is 5. The number of amides is 1. The Morgan fingerprint density at radius 3 is 2.59 bits per heavy atom. The summed E-state index contributed by atoms with van der Waals surface area (Å²) in [5.41, 5.74) is 1.99. The Bertz CT molecular complexity index is 670. The quantitative estimate of drug-likeness (QED) is 0.866. The first-order chi connectivity index (χ1) is 10.6. The Labute approximate surface area is 130 Å². The Kier molecular flexibility index (Phi) is 4.00. The van der Waals surface area contributed by atoms with Crippen LogP contribution in [0.25, 0.3) is 5.65 Å². The van der Waals surface area contributed by atoms with Gasteiger partial charge in [0.05, 0.1) is 0 Å². The maximum Gasteiger partial charge on any atom is 0.232 e. The summed E-state index contributed by atoms with van der Waals surface area (Å²) < 4.78 is 2.07. The van der Waals surface area contributed by atoms with Crippen LogP contribution in [0.3, 0.4) is 0 Å². The highest BCUT2D eigenvalue weighted by Crippen LogP contribution is 2.18. The number of aromatic nitrogens is 3. The van der Waals surface area contributed by atoms with E-state index in [1.165, 1.54) is 0 Å². The topological polar surface area (TPSA) is 53.7 Å². The van der Waals surface area contributed by atoms with Crippen LogP contribution in [0.1, 0.15) is 26.0 Å². The lowest BCUT2D eigenvalue weighted by Crippen LogP contribution is -2.49. The molecule has 3 heterocycles. The van der Waals surface area contributed by atoms with E-state index >= 15 is 0 Å². The highest BCUT2D eigenvalue weighted by atomic mass is 16.2. The highest BCUT2D eigenvalue weighted by molar-refractivity contribution is 5.76. The third-order valence-corrected chi connectivity index (χ3v) is 4.10. The summed E-state index contributed by atoms with van der Waals surface area (Å²) in [6, 6.07) is 6.01. The van der Waals surface area contributed by atoms with Crippen LogP contribution in [0.15, 0.2) is 18.2 Å². The summed E-state index contributed by atoms with van der Waals surface area (Å²) in [7, 11) is 0. The number of aryl methyl sites for hydroxylation is 1. The Morgan fingerprint density at radius 1 is 1.18 bits per heavy atom. The predicted octanol–water partition coefficient (Wildman–Crippen LogP) is 1.73. The molecule has 0 radical (unpaired) electrons. The third kappa shape index (κ3) is 2.77. The molecule has 6 heteroatoms. The molecule has 0 saturated carbocycles. The van der Waals surface area contributed by atoms with Crippen molar-refractivity contribution >= 4 is 17.5 Å². The van der Waals surface area contributed by atoms with Gasteiger partial charge >= 0.3 is 0 Å². The summed E-state index contributed by atoms with van der Waals surface area (Å²) in [6.45, 7) is 9.34. The van der Waals surface area contributed by atoms with Crippen molar-refractivity contribution in [3.8, 4) is 0 Å². The van der Waals surface area contributed by atoms with Gasteiger partial charge in [-0.1, -0.05) is 19.9 Å². The second-order valence-corrected chi connectivity index (χ2v) is 6.33. The third-order valence-electron chi connectivity index (χ3n) is 4.10. The Balaban J connectivity index is 1.72. The number of pyridine rings is 1. The summed E-state index contributed by atoms with van der Waals surface area (Å²) in [5.74, 6) is 1.55. The van der Waals surface area contributed by atoms with Crippen LogP contribution in [-0.2, 0) is 4.79 Å². The normalized spacial score (nSPS) is 15.8. The summed E-state index contributed by atoms with van der Waals surface area (Å²) >= 11 is 0. The molecule has 1 amide bonds. The molecule has 0 aromatic carbocycles. The molecule has 1 fully saturated rings. The zero-order valence-corrected chi connectivity index (χ0v) is 13.5. The molecule has 0 bridgehead atoms. The van der Waals surface area contributed by atoms with E-state index in [9.17, 15) is 4.79 Å². The SMILES string of the molecule is Cc1cccc2nnc(N3CCN(C(=O)CC(C)C)CC3)n12. The first kappa shape index (κ1) is 14.8. The van der Waals surface area contributed by atoms with Gasteiger partial charge in [0.2, 0.25) is 11.9 Å². The van der Waals surface area contributed by atoms with Crippen molar-refractivity contribution in [1.29, 1.82) is 0 Å². The maximum absolute atomic E-state index is 12.1. The number of hydrogen-bond acceptors (Lipinski definition) is 4. The average Bonchev–Trinajstić information content (AvgIpc) is 2.92. The summed E-state index contributed by atoms with van der Waals surface area (Å²) in [4.78, 5) is 16.3. The Morgan fingerprint density at radius 2 is 1.91 bits per heavy atom. The maximum atomic E-state index is 12.1. The number of piperazine rings is 1. The van der Waals surface area contributed by atoms with Gasteiger partial charge in [-0.25, -0.2) is 0 Å². The van der Waals surface area contributed by atoms with E-state index < -0.39 is 0 Å². The molecule has 118 valence electrons. The minimum atomic E-state index is 0.261. The van der Waals surface area contributed by atoms with Gasteiger partial charge in [-0.05, 0) is 25.0 Å². The van der Waals surface area contributed by atoms with Gasteiger partial charge in [-0.2, -0.15) is 0 Å². The van der Waals surface area contributed by atoms with Crippen molar-refractivity contribution in [2.24, 2.45) is 5.92 Å². The number of rotatable bonds is 3. The first-order valence-corrected chi connectivity index (χ1v) is 7.89. The fourth-order valence-corrected chi connectivity index (χ4v) is 2.92. The van der Waals surface area contributed by atoms with E-state index in [0.29, 0.717) is 12.3 Å². The van der Waals surface area contributed by atoms with Crippen LogP contribution in [-0.4, -0.2) is 51.6 Å². The molecule has 0 unspecified atom stereocenters. The van der Waals surface area contributed by atoms with Gasteiger partial charge in [0, 0.05) is 38.3 Å². The van der Waals surface area contributed by atoms with E-state index in [0.717, 1.165) is 43.5 Å². The highest BCUT2D eigenvalue weighted by Gasteiger charge is 2.24. The molecule has 6 nitrogen and oxygen atoms in total. The number of carbonyl (C=O) groups excluding carboxylic acids is 1. The molecule has 2 aromatic heterocycles. The Hall–Kier alpha value is -2.11. The van der Waals surface area contributed by atoms with E-state index in [1.54, 1.807) is 0 Å². The minimum Gasteiger partial charge on any atom is -0.339 e. The standard InChI is InChI=1S/C16H23N5O/c1-12(2)11-15(22)19-7-9-20(10-8-19)16-18-17-14-6-4-5-13(3)21(14)16/h4-6,12H,7-11H2,1-3H3. The van der Waals surface area contributed by atoms with Crippen LogP contribution in [0.5, 0.6) is 0 Å². The second kappa shape index (κ2) is 5.94. The van der Waals surface area contributed by atoms with Gasteiger partial charge in [-0.15, -0.1) is 10.2 Å². The van der Waals surface area contributed by atoms with Crippen molar-refractivity contribution < 1.29 is 4.79 Å². The van der Waals surface area contributed by atoms with Crippen molar-refractivity contribution in [2.75, 3.05) is 31.1 Å². The minimum absolute atomic E-state index is 0.261. The van der Waals surface area contributed by atoms with Gasteiger partial charge in [0.1, 0.15) is 0 Å². The molecule has 3 rings (SSSR count). The molecule has 0 aliphatic carbocycles. The largest absolute Gasteiger partial charge is 0.339 e. The van der Waals surface area contributed by atoms with Crippen molar-refractivity contribution in [2.45, 2.75) is 27.2 Å². The fourth-order valence-electron chi connectivity index (χ4n) is 2.92. The van der Waals surface area contributed by atoms with E-state index in [-0.39, 0.29) is 5.91 Å². The molecule has 22 heavy (non-hydrogen) atoms. The van der Waals surface area contributed by atoms with E-state index in [4.69, 9.17) is 0 Å². The van der Waals surface area contributed by atoms with Crippen LogP contribution in [0, 0.1) is 12.8 Å². The van der Waals surface area contributed by atoms with Gasteiger partial charge in [0.15, 0.2) is 5.65 Å². The molecular formula is C16H23N5O. The lowest BCUT2D eigenvalue weighted by atomic mass is 10.1. The number of carbonyl (C=O) groups is 1. The van der Waals surface area contributed by atoms with Gasteiger partial charge in [-0.3, -0.25) is 9.20 Å². The lowest BCUT2D eigenvalue weighted by Gasteiger charge is -2.35. The zero-order chi connectivity index (χ0) is 15.7. The lowest BCUT2D eigenvalue weighted by molar-refractivity contribution is -0.132. The number of anilines is 1. The average molecular weight is 301 g/mol. The summed E-state index contributed by atoms with van der Waals surface area (Å²) in [6.07, 6.45) is 0.632. The van der Waals surface area contributed by atoms with Gasteiger partial charge < -0.3 is 9.80 Å². The van der Waals surface area contributed by atoms with E-state index in [2.05, 4.69) is 46.3 Å². The van der Waals surface area contributed by atoms with Crippen LogP contribution < -0.4 is 4.90 Å². The molecular weight excluding hydrogens is 278 g/mol. The second-order valence-electron chi connectivity index (χ2n) is 6.33. The molecule has 1 aliphatic rings. The van der Waals surface area contributed by atoms with Crippen molar-refractivity contribution in [3.63, 3.8) is 0 Å². The first-order valence-electron chi connectivity index (χ1n) is 7.89. The fraction of sp³-hybridized carbons (Fsp3) is 0.562. The van der Waals surface area contributed by atoms with Crippen LogP contribution in [0.4, 0.5) is 5.95 Å². The molecule has 0 N–H and O–H groups in total. The van der Waals surface area contributed by atoms with E-state index in [1.807, 2.05) is 17.0 Å². The van der Waals surface area contributed by atoms with Crippen molar-refractivity contribution in [3.05, 3.63) is 23.9 Å². The molecule has 2 aromatic rings. The monoisotopic (exact) mass is 301 g/mol. The molecule has 1 aliphatic heterocycles. The zero-order valence-electron chi connectivity index (χ0n) is 13.5. The number of hydrogen-bond donors (Lipinski definition) is 0. The van der Waals surface area contributed by atoms with Crippen molar-refractivity contribution in [1.82, 2.24) is 19.5 Å². The van der Waals surface area contributed by atoms with Crippen LogP contribution >= 0.6 is 0 Å².